The van der Waals surface area contributed by atoms with Crippen molar-refractivity contribution in [1.29, 1.82) is 0 Å². The van der Waals surface area contributed by atoms with Gasteiger partial charge in [-0.2, -0.15) is 4.31 Å². The monoisotopic (exact) mass is 492 g/mol. The molecule has 6 nitrogen and oxygen atoms in total. The van der Waals surface area contributed by atoms with E-state index in [4.69, 9.17) is 5.73 Å². The third-order valence-corrected chi connectivity index (χ3v) is 6.89. The van der Waals surface area contributed by atoms with Gasteiger partial charge >= 0.3 is 0 Å². The summed E-state index contributed by atoms with van der Waals surface area (Å²) in [7, 11) is -3.34. The Kier molecular flexibility index (Phi) is 8.15. The van der Waals surface area contributed by atoms with Crippen molar-refractivity contribution in [2.45, 2.75) is 50.0 Å². The summed E-state index contributed by atoms with van der Waals surface area (Å²) in [5, 5.41) is 0. The van der Waals surface area contributed by atoms with E-state index in [1.165, 1.54) is 25.7 Å². The Labute approximate surface area is 173 Å². The standard InChI is InChI=1S/C18H28N4O2S.HI/c19-18(21-11-3-1-2-4-12-21)20-15-16-7-9-17(10-8-16)25(23,24)22-13-5-6-14-22;/h7-10H,1-6,11-15H2,(H2,19,20);1H. The molecule has 0 aliphatic carbocycles. The second kappa shape index (κ2) is 9.89. The molecule has 2 fully saturated rings. The zero-order valence-corrected chi connectivity index (χ0v) is 18.3. The maximum atomic E-state index is 12.5. The highest BCUT2D eigenvalue weighted by atomic mass is 127. The molecule has 1 aromatic carbocycles. The Bertz CT molecular complexity index is 692. The average Bonchev–Trinajstić information content (AvgIpc) is 3.04. The van der Waals surface area contributed by atoms with E-state index in [-0.39, 0.29) is 24.0 Å². The van der Waals surface area contributed by atoms with Gasteiger partial charge in [0.15, 0.2) is 5.96 Å². The quantitative estimate of drug-likeness (QED) is 0.399. The molecule has 2 N–H and O–H groups in total. The molecule has 26 heavy (non-hydrogen) atoms. The molecular weight excluding hydrogens is 463 g/mol. The number of nitrogens with two attached hydrogens (primary N) is 1. The number of hydrogen-bond donors (Lipinski definition) is 1. The van der Waals surface area contributed by atoms with Gasteiger partial charge in [0.25, 0.3) is 0 Å². The van der Waals surface area contributed by atoms with Gasteiger partial charge in [-0.3, -0.25) is 0 Å². The highest BCUT2D eigenvalue weighted by molar-refractivity contribution is 14.0. The van der Waals surface area contributed by atoms with Gasteiger partial charge in [-0.15, -0.1) is 24.0 Å². The molecule has 0 unspecified atom stereocenters. The minimum atomic E-state index is -3.34. The second-order valence-corrected chi connectivity index (χ2v) is 8.77. The van der Waals surface area contributed by atoms with E-state index in [1.54, 1.807) is 16.4 Å². The molecule has 0 bridgehead atoms. The van der Waals surface area contributed by atoms with E-state index < -0.39 is 10.0 Å². The summed E-state index contributed by atoms with van der Waals surface area (Å²) in [6, 6.07) is 7.03. The zero-order chi connectivity index (χ0) is 17.7. The maximum absolute atomic E-state index is 12.5. The smallest absolute Gasteiger partial charge is 0.243 e. The molecule has 3 rings (SSSR count). The van der Waals surface area contributed by atoms with Gasteiger partial charge in [0.2, 0.25) is 10.0 Å². The Morgan fingerprint density at radius 3 is 2.04 bits per heavy atom. The summed E-state index contributed by atoms with van der Waals surface area (Å²) >= 11 is 0. The minimum Gasteiger partial charge on any atom is -0.370 e. The van der Waals surface area contributed by atoms with Crippen LogP contribution >= 0.6 is 24.0 Å². The highest BCUT2D eigenvalue weighted by Gasteiger charge is 2.26. The maximum Gasteiger partial charge on any atom is 0.243 e. The van der Waals surface area contributed by atoms with Crippen LogP contribution < -0.4 is 5.73 Å². The molecule has 2 aliphatic rings. The van der Waals surface area contributed by atoms with Crippen LogP contribution in [0, 0.1) is 0 Å². The summed E-state index contributed by atoms with van der Waals surface area (Å²) < 4.78 is 26.6. The van der Waals surface area contributed by atoms with Crippen LogP contribution in [0.5, 0.6) is 0 Å². The van der Waals surface area contributed by atoms with E-state index >= 15 is 0 Å². The van der Waals surface area contributed by atoms with Gasteiger partial charge in [0.1, 0.15) is 0 Å². The summed E-state index contributed by atoms with van der Waals surface area (Å²) in [6.45, 7) is 3.68. The van der Waals surface area contributed by atoms with E-state index in [1.807, 2.05) is 12.1 Å². The molecule has 0 amide bonds. The van der Waals surface area contributed by atoms with Crippen LogP contribution in [-0.2, 0) is 16.6 Å². The number of benzene rings is 1. The van der Waals surface area contributed by atoms with Gasteiger partial charge < -0.3 is 10.6 Å². The molecular formula is C18H29IN4O2S. The Morgan fingerprint density at radius 1 is 0.923 bits per heavy atom. The lowest BCUT2D eigenvalue weighted by Crippen LogP contribution is -2.38. The number of sulfonamides is 1. The Morgan fingerprint density at radius 2 is 1.46 bits per heavy atom. The van der Waals surface area contributed by atoms with Gasteiger partial charge in [0.05, 0.1) is 11.4 Å². The van der Waals surface area contributed by atoms with Crippen LogP contribution in [0.25, 0.3) is 0 Å². The number of nitrogens with zero attached hydrogens (tertiary/aromatic N) is 3. The largest absolute Gasteiger partial charge is 0.370 e. The average molecular weight is 492 g/mol. The topological polar surface area (TPSA) is 79.0 Å². The van der Waals surface area contributed by atoms with Gasteiger partial charge in [-0.25, -0.2) is 13.4 Å². The summed E-state index contributed by atoms with van der Waals surface area (Å²) in [6.07, 6.45) is 6.75. The van der Waals surface area contributed by atoms with Crippen molar-refractivity contribution in [3.63, 3.8) is 0 Å². The van der Waals surface area contributed by atoms with Crippen LogP contribution in [0.3, 0.4) is 0 Å². The first-order chi connectivity index (χ1) is 12.1. The highest BCUT2D eigenvalue weighted by Crippen LogP contribution is 2.21. The van der Waals surface area contributed by atoms with E-state index in [0.29, 0.717) is 30.5 Å². The lowest BCUT2D eigenvalue weighted by molar-refractivity contribution is 0.428. The first-order valence-corrected chi connectivity index (χ1v) is 10.7. The third-order valence-electron chi connectivity index (χ3n) is 4.98. The predicted octanol–water partition coefficient (Wildman–Crippen LogP) is 2.78. The molecule has 0 saturated carbocycles. The first-order valence-electron chi connectivity index (χ1n) is 9.21. The fourth-order valence-electron chi connectivity index (χ4n) is 3.42. The molecule has 0 atom stereocenters. The molecule has 2 saturated heterocycles. The molecule has 0 spiro atoms. The lowest BCUT2D eigenvalue weighted by atomic mass is 10.2. The van der Waals surface area contributed by atoms with Crippen LogP contribution in [0.1, 0.15) is 44.1 Å². The predicted molar refractivity (Wildman–Crippen MR) is 115 cm³/mol. The van der Waals surface area contributed by atoms with Crippen LogP contribution in [0.15, 0.2) is 34.2 Å². The van der Waals surface area contributed by atoms with Gasteiger partial charge in [-0.1, -0.05) is 25.0 Å². The van der Waals surface area contributed by atoms with Gasteiger partial charge in [0, 0.05) is 26.2 Å². The molecule has 0 aromatic heterocycles. The summed E-state index contributed by atoms with van der Waals surface area (Å²) in [4.78, 5) is 7.01. The molecule has 0 radical (unpaired) electrons. The number of likely N-dealkylation sites (tertiary alicyclic amines) is 1. The fourth-order valence-corrected chi connectivity index (χ4v) is 4.93. The number of rotatable bonds is 4. The number of aliphatic imine (C=N–C) groups is 1. The van der Waals surface area contributed by atoms with Crippen LogP contribution in [0.2, 0.25) is 0 Å². The zero-order valence-electron chi connectivity index (χ0n) is 15.1. The fraction of sp³-hybridized carbons (Fsp3) is 0.611. The van der Waals surface area contributed by atoms with Crippen LogP contribution in [-0.4, -0.2) is 49.8 Å². The van der Waals surface area contributed by atoms with E-state index in [9.17, 15) is 8.42 Å². The molecule has 2 aliphatic heterocycles. The molecule has 1 aromatic rings. The van der Waals surface area contributed by atoms with Crippen molar-refractivity contribution in [3.8, 4) is 0 Å². The van der Waals surface area contributed by atoms with E-state index in [2.05, 4.69) is 9.89 Å². The van der Waals surface area contributed by atoms with Crippen molar-refractivity contribution < 1.29 is 8.42 Å². The lowest BCUT2D eigenvalue weighted by Gasteiger charge is -2.21. The van der Waals surface area contributed by atoms with Crippen molar-refractivity contribution in [3.05, 3.63) is 29.8 Å². The number of halogens is 1. The normalized spacial score (nSPS) is 19.8. The second-order valence-electron chi connectivity index (χ2n) is 6.83. The number of guanidine groups is 1. The molecule has 8 heteroatoms. The number of hydrogen-bond acceptors (Lipinski definition) is 3. The minimum absolute atomic E-state index is 0. The van der Waals surface area contributed by atoms with Crippen molar-refractivity contribution in [2.75, 3.05) is 26.2 Å². The van der Waals surface area contributed by atoms with Crippen molar-refractivity contribution in [2.24, 2.45) is 10.7 Å². The van der Waals surface area contributed by atoms with E-state index in [0.717, 1.165) is 31.5 Å². The molecule has 146 valence electrons. The van der Waals surface area contributed by atoms with Gasteiger partial charge in [-0.05, 0) is 43.4 Å². The molecule has 2 heterocycles. The SMILES string of the molecule is I.NC(=NCc1ccc(S(=O)(=O)N2CCCC2)cc1)N1CCCCCC1. The van der Waals surface area contributed by atoms with Crippen LogP contribution in [0.4, 0.5) is 0 Å². The Balaban J connectivity index is 0.00000243. The summed E-state index contributed by atoms with van der Waals surface area (Å²) in [5.74, 6) is 0.593. The van der Waals surface area contributed by atoms with Crippen molar-refractivity contribution in [1.82, 2.24) is 9.21 Å². The van der Waals surface area contributed by atoms with Crippen molar-refractivity contribution >= 4 is 40.0 Å². The third kappa shape index (κ3) is 5.32. The Hall–Kier alpha value is -0.870. The first kappa shape index (κ1) is 21.4. The summed E-state index contributed by atoms with van der Waals surface area (Å²) in [5.41, 5.74) is 7.09.